The van der Waals surface area contributed by atoms with Gasteiger partial charge in [-0.3, -0.25) is 14.6 Å². The second-order valence-electron chi connectivity index (χ2n) is 5.40. The summed E-state index contributed by atoms with van der Waals surface area (Å²) in [6.07, 6.45) is 0.814. The lowest BCUT2D eigenvalue weighted by Crippen LogP contribution is -2.35. The van der Waals surface area contributed by atoms with Gasteiger partial charge in [0.15, 0.2) is 0 Å². The second-order valence-corrected chi connectivity index (χ2v) is 5.40. The minimum Gasteiger partial charge on any atom is -0.480 e. The Balaban J connectivity index is 2.04. The summed E-state index contributed by atoms with van der Waals surface area (Å²) in [5.41, 5.74) is 0.349. The first kappa shape index (κ1) is 15.9. The number of carboxylic acid groups (broad SMARTS) is 1. The SMILES string of the molecule is CC(c1cc(F)ccc1F)N1CCCN(CC(=O)O)CC1. The van der Waals surface area contributed by atoms with E-state index in [2.05, 4.69) is 4.90 Å². The Morgan fingerprint density at radius 2 is 2.05 bits per heavy atom. The molecule has 6 heteroatoms. The molecule has 0 bridgehead atoms. The van der Waals surface area contributed by atoms with Gasteiger partial charge in [-0.2, -0.15) is 0 Å². The summed E-state index contributed by atoms with van der Waals surface area (Å²) >= 11 is 0. The van der Waals surface area contributed by atoms with Gasteiger partial charge >= 0.3 is 5.97 Å². The molecule has 1 aromatic carbocycles. The summed E-state index contributed by atoms with van der Waals surface area (Å²) < 4.78 is 27.1. The highest BCUT2D eigenvalue weighted by atomic mass is 19.1. The average molecular weight is 298 g/mol. The molecule has 1 saturated heterocycles. The number of aliphatic carboxylic acids is 1. The fraction of sp³-hybridized carbons (Fsp3) is 0.533. The van der Waals surface area contributed by atoms with Crippen LogP contribution in [0.2, 0.25) is 0 Å². The Bertz CT molecular complexity index is 510. The van der Waals surface area contributed by atoms with Crippen LogP contribution in [0.4, 0.5) is 8.78 Å². The first-order valence-electron chi connectivity index (χ1n) is 7.10. The van der Waals surface area contributed by atoms with Gasteiger partial charge < -0.3 is 5.11 Å². The second kappa shape index (κ2) is 6.95. The van der Waals surface area contributed by atoms with Crippen LogP contribution in [0.3, 0.4) is 0 Å². The van der Waals surface area contributed by atoms with Gasteiger partial charge in [0.25, 0.3) is 0 Å². The third-order valence-corrected chi connectivity index (χ3v) is 3.94. The van der Waals surface area contributed by atoms with Crippen LogP contribution in [0, 0.1) is 11.6 Å². The van der Waals surface area contributed by atoms with Crippen molar-refractivity contribution in [2.24, 2.45) is 0 Å². The highest BCUT2D eigenvalue weighted by Gasteiger charge is 2.23. The Labute approximate surface area is 123 Å². The quantitative estimate of drug-likeness (QED) is 0.925. The van der Waals surface area contributed by atoms with E-state index in [4.69, 9.17) is 5.11 Å². The number of hydrogen-bond donors (Lipinski definition) is 1. The average Bonchev–Trinajstić information content (AvgIpc) is 2.66. The van der Waals surface area contributed by atoms with Crippen molar-refractivity contribution in [2.45, 2.75) is 19.4 Å². The molecule has 0 amide bonds. The van der Waals surface area contributed by atoms with Gasteiger partial charge in [-0.15, -0.1) is 0 Å². The number of carboxylic acids is 1. The normalized spacial score (nSPS) is 19.2. The molecule has 1 aliphatic rings. The van der Waals surface area contributed by atoms with Crippen LogP contribution in [0.25, 0.3) is 0 Å². The molecule has 21 heavy (non-hydrogen) atoms. The molecule has 1 unspecified atom stereocenters. The summed E-state index contributed by atoms with van der Waals surface area (Å²) in [7, 11) is 0. The van der Waals surface area contributed by atoms with E-state index in [1.165, 1.54) is 6.07 Å². The van der Waals surface area contributed by atoms with Crippen molar-refractivity contribution >= 4 is 5.97 Å². The van der Waals surface area contributed by atoms with Crippen LogP contribution in [-0.2, 0) is 4.79 Å². The first-order valence-corrected chi connectivity index (χ1v) is 7.10. The van der Waals surface area contributed by atoms with Crippen molar-refractivity contribution in [3.63, 3.8) is 0 Å². The molecule has 1 atom stereocenters. The van der Waals surface area contributed by atoms with Crippen molar-refractivity contribution in [1.82, 2.24) is 9.80 Å². The Kier molecular flexibility index (Phi) is 5.25. The van der Waals surface area contributed by atoms with Crippen molar-refractivity contribution in [1.29, 1.82) is 0 Å². The van der Waals surface area contributed by atoms with Gasteiger partial charge in [-0.25, -0.2) is 8.78 Å². The first-order chi connectivity index (χ1) is 9.97. The van der Waals surface area contributed by atoms with Gasteiger partial charge in [0.2, 0.25) is 0 Å². The zero-order valence-electron chi connectivity index (χ0n) is 12.1. The van der Waals surface area contributed by atoms with E-state index < -0.39 is 17.6 Å². The number of halogens is 2. The molecule has 1 fully saturated rings. The monoisotopic (exact) mass is 298 g/mol. The van der Waals surface area contributed by atoms with E-state index in [9.17, 15) is 13.6 Å². The van der Waals surface area contributed by atoms with E-state index in [0.29, 0.717) is 25.2 Å². The van der Waals surface area contributed by atoms with Crippen LogP contribution >= 0.6 is 0 Å². The lowest BCUT2D eigenvalue weighted by molar-refractivity contribution is -0.138. The van der Waals surface area contributed by atoms with Gasteiger partial charge in [0, 0.05) is 37.8 Å². The molecule has 4 nitrogen and oxygen atoms in total. The summed E-state index contributed by atoms with van der Waals surface area (Å²) in [6, 6.07) is 3.27. The summed E-state index contributed by atoms with van der Waals surface area (Å²) in [4.78, 5) is 14.7. The van der Waals surface area contributed by atoms with Crippen molar-refractivity contribution in [3.8, 4) is 0 Å². The number of nitrogens with zero attached hydrogens (tertiary/aromatic N) is 2. The van der Waals surface area contributed by atoms with Gasteiger partial charge in [-0.05, 0) is 31.5 Å². The molecule has 0 spiro atoms. The van der Waals surface area contributed by atoms with E-state index >= 15 is 0 Å². The van der Waals surface area contributed by atoms with Crippen LogP contribution in [-0.4, -0.2) is 53.6 Å². The van der Waals surface area contributed by atoms with Crippen molar-refractivity contribution in [3.05, 3.63) is 35.4 Å². The molecular weight excluding hydrogens is 278 g/mol. The fourth-order valence-corrected chi connectivity index (χ4v) is 2.76. The van der Waals surface area contributed by atoms with Crippen LogP contribution in [0.5, 0.6) is 0 Å². The molecule has 116 valence electrons. The third-order valence-electron chi connectivity index (χ3n) is 3.94. The summed E-state index contributed by atoms with van der Waals surface area (Å²) in [6.45, 7) is 4.59. The van der Waals surface area contributed by atoms with E-state index in [-0.39, 0.29) is 12.6 Å². The maximum atomic E-state index is 13.8. The smallest absolute Gasteiger partial charge is 0.317 e. The predicted molar refractivity (Wildman–Crippen MR) is 75.0 cm³/mol. The minimum absolute atomic E-state index is 0.0244. The molecule has 0 saturated carbocycles. The van der Waals surface area contributed by atoms with E-state index in [1.54, 1.807) is 0 Å². The topological polar surface area (TPSA) is 43.8 Å². The highest BCUT2D eigenvalue weighted by molar-refractivity contribution is 5.69. The van der Waals surface area contributed by atoms with Crippen LogP contribution in [0.1, 0.15) is 24.9 Å². The molecule has 1 aromatic rings. The lowest BCUT2D eigenvalue weighted by Gasteiger charge is -2.28. The highest BCUT2D eigenvalue weighted by Crippen LogP contribution is 2.24. The molecule has 1 aliphatic heterocycles. The summed E-state index contributed by atoms with van der Waals surface area (Å²) in [5, 5.41) is 8.83. The molecule has 1 N–H and O–H groups in total. The molecule has 0 aromatic heterocycles. The maximum absolute atomic E-state index is 13.8. The fourth-order valence-electron chi connectivity index (χ4n) is 2.76. The van der Waals surface area contributed by atoms with Crippen molar-refractivity contribution < 1.29 is 18.7 Å². The zero-order valence-corrected chi connectivity index (χ0v) is 12.1. The van der Waals surface area contributed by atoms with E-state index in [1.807, 2.05) is 11.8 Å². The van der Waals surface area contributed by atoms with Gasteiger partial charge in [-0.1, -0.05) is 0 Å². The standard InChI is InChI=1S/C15H20F2N2O2/c1-11(13-9-12(16)3-4-14(13)17)19-6-2-5-18(7-8-19)10-15(20)21/h3-4,9,11H,2,5-8,10H2,1H3,(H,20,21). The van der Waals surface area contributed by atoms with Gasteiger partial charge in [0.1, 0.15) is 11.6 Å². The number of carbonyl (C=O) groups is 1. The maximum Gasteiger partial charge on any atom is 0.317 e. The number of hydrogen-bond acceptors (Lipinski definition) is 3. The molecular formula is C15H20F2N2O2. The molecule has 1 heterocycles. The van der Waals surface area contributed by atoms with Crippen LogP contribution < -0.4 is 0 Å². The van der Waals surface area contributed by atoms with E-state index in [0.717, 1.165) is 25.1 Å². The molecule has 0 radical (unpaired) electrons. The largest absolute Gasteiger partial charge is 0.480 e. The Morgan fingerprint density at radius 3 is 2.76 bits per heavy atom. The molecule has 2 rings (SSSR count). The van der Waals surface area contributed by atoms with Crippen LogP contribution in [0.15, 0.2) is 18.2 Å². The number of rotatable bonds is 4. The zero-order chi connectivity index (χ0) is 15.4. The number of benzene rings is 1. The lowest BCUT2D eigenvalue weighted by atomic mass is 10.1. The van der Waals surface area contributed by atoms with Gasteiger partial charge in [0.05, 0.1) is 6.54 Å². The minimum atomic E-state index is -0.840. The Hall–Kier alpha value is -1.53. The summed E-state index contributed by atoms with van der Waals surface area (Å²) in [5.74, 6) is -1.69. The molecule has 0 aliphatic carbocycles. The predicted octanol–water partition coefficient (Wildman–Crippen LogP) is 2.12. The third kappa shape index (κ3) is 4.22. The van der Waals surface area contributed by atoms with Crippen molar-refractivity contribution in [2.75, 3.05) is 32.7 Å². The Morgan fingerprint density at radius 1 is 1.29 bits per heavy atom.